The van der Waals surface area contributed by atoms with Crippen LogP contribution in [-0.4, -0.2) is 46.7 Å². The van der Waals surface area contributed by atoms with Crippen molar-refractivity contribution in [2.45, 2.75) is 50.9 Å². The Labute approximate surface area is 189 Å². The fourth-order valence-electron chi connectivity index (χ4n) is 4.40. The van der Waals surface area contributed by atoms with E-state index in [0.717, 1.165) is 11.0 Å². The van der Waals surface area contributed by atoms with Crippen LogP contribution in [0.25, 0.3) is 0 Å². The van der Waals surface area contributed by atoms with Crippen molar-refractivity contribution >= 4 is 24.5 Å². The van der Waals surface area contributed by atoms with E-state index in [-0.39, 0.29) is 12.5 Å². The summed E-state index contributed by atoms with van der Waals surface area (Å²) in [7, 11) is -0.512. The molecule has 1 N–H and O–H groups in total. The molecule has 2 aliphatic heterocycles. The number of aliphatic carboxylic acids is 1. The molecule has 0 radical (unpaired) electrons. The van der Waals surface area contributed by atoms with Crippen molar-refractivity contribution in [2.24, 2.45) is 0 Å². The minimum absolute atomic E-state index is 0.196. The zero-order chi connectivity index (χ0) is 23.3. The van der Waals surface area contributed by atoms with Gasteiger partial charge in [-0.25, -0.2) is 0 Å². The van der Waals surface area contributed by atoms with E-state index in [1.165, 1.54) is 0 Å². The Hall–Kier alpha value is -2.90. The van der Waals surface area contributed by atoms with Gasteiger partial charge < -0.3 is 19.3 Å². The molecule has 0 saturated carbocycles. The normalized spacial score (nSPS) is 23.7. The molecule has 1 amide bonds. The van der Waals surface area contributed by atoms with Crippen molar-refractivity contribution in [2.75, 3.05) is 6.54 Å². The molecule has 2 aromatic carbocycles. The van der Waals surface area contributed by atoms with Crippen LogP contribution in [0.1, 0.15) is 61.1 Å². The Kier molecular flexibility index (Phi) is 5.51. The second kappa shape index (κ2) is 7.91. The molecule has 7 heteroatoms. The maximum Gasteiger partial charge on any atom is 0.494 e. The number of rotatable bonds is 5. The van der Waals surface area contributed by atoms with E-state index >= 15 is 0 Å². The summed E-state index contributed by atoms with van der Waals surface area (Å²) in [6.45, 7) is 12.0. The molecule has 2 heterocycles. The number of carboxylic acid groups (broad SMARTS) is 1. The van der Waals surface area contributed by atoms with Gasteiger partial charge in [0.2, 0.25) is 0 Å². The van der Waals surface area contributed by atoms with Crippen LogP contribution in [-0.2, 0) is 14.1 Å². The third kappa shape index (κ3) is 3.55. The highest BCUT2D eigenvalue weighted by atomic mass is 16.7. The Bertz CT molecular complexity index is 1050. The van der Waals surface area contributed by atoms with Crippen LogP contribution >= 0.6 is 0 Å². The first kappa shape index (κ1) is 22.3. The molecule has 2 aromatic rings. The number of hydrogen-bond acceptors (Lipinski definition) is 4. The highest BCUT2D eigenvalue weighted by Gasteiger charge is 2.52. The van der Waals surface area contributed by atoms with Gasteiger partial charge in [0.25, 0.3) is 5.91 Å². The van der Waals surface area contributed by atoms with Gasteiger partial charge in [-0.2, -0.15) is 0 Å². The number of nitrogens with zero attached hydrogens (tertiary/aromatic N) is 1. The minimum atomic E-state index is -0.973. The SMILES string of the molecule is C=CCN1C(=O)c2ccccc2[C@@H](C(=O)O)[C@H]1c1ccc(B2OC(C)(C)C(C)(C)O2)cc1. The molecule has 32 heavy (non-hydrogen) atoms. The quantitative estimate of drug-likeness (QED) is 0.577. The molecule has 0 aliphatic carbocycles. The summed E-state index contributed by atoms with van der Waals surface area (Å²) in [6, 6.07) is 13.8. The van der Waals surface area contributed by atoms with Crippen molar-refractivity contribution in [3.05, 3.63) is 77.9 Å². The topological polar surface area (TPSA) is 76.1 Å². The molecule has 0 aromatic heterocycles. The number of benzene rings is 2. The Morgan fingerprint density at radius 1 is 1.09 bits per heavy atom. The zero-order valence-corrected chi connectivity index (χ0v) is 18.9. The highest BCUT2D eigenvalue weighted by Crippen LogP contribution is 2.43. The van der Waals surface area contributed by atoms with Crippen LogP contribution in [0.4, 0.5) is 0 Å². The summed E-state index contributed by atoms with van der Waals surface area (Å²) in [6.07, 6.45) is 1.62. The molecule has 1 saturated heterocycles. The van der Waals surface area contributed by atoms with Crippen molar-refractivity contribution in [3.8, 4) is 0 Å². The smallest absolute Gasteiger partial charge is 0.481 e. The molecule has 0 unspecified atom stereocenters. The molecular formula is C25H28BNO5. The van der Waals surface area contributed by atoms with Crippen molar-refractivity contribution in [1.29, 1.82) is 0 Å². The van der Waals surface area contributed by atoms with E-state index < -0.39 is 36.2 Å². The summed E-state index contributed by atoms with van der Waals surface area (Å²) >= 11 is 0. The lowest BCUT2D eigenvalue weighted by molar-refractivity contribution is -0.140. The minimum Gasteiger partial charge on any atom is -0.481 e. The molecule has 1 fully saturated rings. The predicted octanol–water partition coefficient (Wildman–Crippen LogP) is 3.54. The number of hydrogen-bond donors (Lipinski definition) is 1. The Morgan fingerprint density at radius 2 is 1.69 bits per heavy atom. The maximum atomic E-state index is 13.2. The third-order valence-corrected chi connectivity index (χ3v) is 6.83. The number of amides is 1. The van der Waals surface area contributed by atoms with Crippen LogP contribution in [0, 0.1) is 0 Å². The second-order valence-corrected chi connectivity index (χ2v) is 9.35. The average Bonchev–Trinajstić information content (AvgIpc) is 2.97. The van der Waals surface area contributed by atoms with Gasteiger partial charge in [0.15, 0.2) is 0 Å². The van der Waals surface area contributed by atoms with Gasteiger partial charge in [0, 0.05) is 12.1 Å². The van der Waals surface area contributed by atoms with Gasteiger partial charge >= 0.3 is 13.1 Å². The molecule has 0 bridgehead atoms. The van der Waals surface area contributed by atoms with E-state index in [1.807, 2.05) is 52.0 Å². The molecule has 2 aliphatic rings. The maximum absolute atomic E-state index is 13.2. The Morgan fingerprint density at radius 3 is 2.25 bits per heavy atom. The summed E-state index contributed by atoms with van der Waals surface area (Å²) in [5.41, 5.74) is 1.63. The van der Waals surface area contributed by atoms with Crippen molar-refractivity contribution in [1.82, 2.24) is 4.90 Å². The molecule has 6 nitrogen and oxygen atoms in total. The first-order valence-electron chi connectivity index (χ1n) is 10.8. The van der Waals surface area contributed by atoms with Crippen LogP contribution in [0.3, 0.4) is 0 Å². The molecular weight excluding hydrogens is 405 g/mol. The van der Waals surface area contributed by atoms with E-state index in [2.05, 4.69) is 6.58 Å². The summed E-state index contributed by atoms with van der Waals surface area (Å²) in [4.78, 5) is 27.2. The van der Waals surface area contributed by atoms with E-state index in [4.69, 9.17) is 9.31 Å². The van der Waals surface area contributed by atoms with Crippen molar-refractivity contribution < 1.29 is 24.0 Å². The summed E-state index contributed by atoms with van der Waals surface area (Å²) in [5, 5.41) is 10.1. The number of carbonyl (C=O) groups is 2. The van der Waals surface area contributed by atoms with E-state index in [1.54, 1.807) is 35.2 Å². The van der Waals surface area contributed by atoms with Gasteiger partial charge in [-0.05, 0) is 50.4 Å². The predicted molar refractivity (Wildman–Crippen MR) is 123 cm³/mol. The van der Waals surface area contributed by atoms with Gasteiger partial charge in [-0.15, -0.1) is 6.58 Å². The molecule has 0 spiro atoms. The molecule has 2 atom stereocenters. The van der Waals surface area contributed by atoms with Crippen LogP contribution in [0.15, 0.2) is 61.2 Å². The number of carboxylic acids is 1. The van der Waals surface area contributed by atoms with E-state index in [9.17, 15) is 14.7 Å². The first-order chi connectivity index (χ1) is 15.1. The zero-order valence-electron chi connectivity index (χ0n) is 18.9. The molecule has 4 rings (SSSR count). The second-order valence-electron chi connectivity index (χ2n) is 9.35. The van der Waals surface area contributed by atoms with E-state index in [0.29, 0.717) is 11.1 Å². The average molecular weight is 433 g/mol. The van der Waals surface area contributed by atoms with Crippen LogP contribution in [0.2, 0.25) is 0 Å². The standard InChI is InChI=1S/C25H28BNO5/c1-6-15-27-21(20(23(29)30)18-9-7-8-10-19(18)22(27)28)16-11-13-17(14-12-16)26-31-24(2,3)25(4,5)32-26/h6-14,20-21H,1,15H2,2-5H3,(H,29,30)/t20-,21-/m1/s1. The van der Waals surface area contributed by atoms with Crippen LogP contribution < -0.4 is 5.46 Å². The van der Waals surface area contributed by atoms with Gasteiger partial charge in [0.1, 0.15) is 5.92 Å². The first-order valence-corrected chi connectivity index (χ1v) is 10.8. The monoisotopic (exact) mass is 433 g/mol. The lowest BCUT2D eigenvalue weighted by Crippen LogP contribution is -2.45. The van der Waals surface area contributed by atoms with Gasteiger partial charge in [0.05, 0.1) is 17.2 Å². The summed E-state index contributed by atoms with van der Waals surface area (Å²) in [5.74, 6) is -2.05. The Balaban J connectivity index is 1.73. The fraction of sp³-hybridized carbons (Fsp3) is 0.360. The van der Waals surface area contributed by atoms with Crippen molar-refractivity contribution in [3.63, 3.8) is 0 Å². The van der Waals surface area contributed by atoms with Gasteiger partial charge in [-0.3, -0.25) is 9.59 Å². The largest absolute Gasteiger partial charge is 0.494 e. The highest BCUT2D eigenvalue weighted by molar-refractivity contribution is 6.62. The van der Waals surface area contributed by atoms with Crippen LogP contribution in [0.5, 0.6) is 0 Å². The van der Waals surface area contributed by atoms with Gasteiger partial charge in [-0.1, -0.05) is 48.5 Å². The third-order valence-electron chi connectivity index (χ3n) is 6.83. The fourth-order valence-corrected chi connectivity index (χ4v) is 4.40. The lowest BCUT2D eigenvalue weighted by atomic mass is 9.76. The summed E-state index contributed by atoms with van der Waals surface area (Å²) < 4.78 is 12.2. The number of carbonyl (C=O) groups excluding carboxylic acids is 1. The molecule has 166 valence electrons. The number of fused-ring (bicyclic) bond motifs is 1. The lowest BCUT2D eigenvalue weighted by Gasteiger charge is -2.40.